The van der Waals surface area contributed by atoms with Gasteiger partial charge in [0.05, 0.1) is 11.9 Å². The number of nitrogens with zero attached hydrogens (tertiary/aromatic N) is 4. The molecular formula is C28H33N5O. The lowest BCUT2D eigenvalue weighted by Crippen LogP contribution is -2.35. The van der Waals surface area contributed by atoms with Crippen LogP contribution in [0.2, 0.25) is 0 Å². The third-order valence-electron chi connectivity index (χ3n) is 6.85. The van der Waals surface area contributed by atoms with E-state index in [9.17, 15) is 4.79 Å². The molecule has 4 aromatic rings. The summed E-state index contributed by atoms with van der Waals surface area (Å²) in [5.41, 5.74) is 4.83. The van der Waals surface area contributed by atoms with Crippen molar-refractivity contribution in [3.8, 4) is 5.82 Å². The van der Waals surface area contributed by atoms with Crippen LogP contribution in [0.3, 0.4) is 0 Å². The van der Waals surface area contributed by atoms with Gasteiger partial charge in [0.1, 0.15) is 0 Å². The van der Waals surface area contributed by atoms with E-state index in [-0.39, 0.29) is 5.91 Å². The molecule has 1 amide bonds. The first kappa shape index (κ1) is 22.4. The summed E-state index contributed by atoms with van der Waals surface area (Å²) in [5, 5.41) is 9.24. The van der Waals surface area contributed by atoms with Crippen LogP contribution >= 0.6 is 0 Å². The Morgan fingerprint density at radius 3 is 2.38 bits per heavy atom. The number of aryl methyl sites for hydroxylation is 2. The first-order valence-corrected chi connectivity index (χ1v) is 12.5. The van der Waals surface area contributed by atoms with E-state index in [1.165, 1.54) is 37.7 Å². The Hall–Kier alpha value is -3.41. The zero-order valence-corrected chi connectivity index (χ0v) is 20.1. The third kappa shape index (κ3) is 4.76. The summed E-state index contributed by atoms with van der Waals surface area (Å²) in [4.78, 5) is 17.6. The molecule has 0 bridgehead atoms. The van der Waals surface area contributed by atoms with Gasteiger partial charge in [0, 0.05) is 29.7 Å². The van der Waals surface area contributed by atoms with Crippen molar-refractivity contribution in [2.45, 2.75) is 71.4 Å². The van der Waals surface area contributed by atoms with Gasteiger partial charge in [-0.25, -0.2) is 9.67 Å². The number of benzene rings is 1. The number of carbonyl (C=O) groups excluding carboxylic acids is 1. The quantitative estimate of drug-likeness (QED) is 0.418. The largest absolute Gasteiger partial charge is 0.349 e. The minimum absolute atomic E-state index is 0.0319. The maximum Gasteiger partial charge on any atom is 0.251 e. The number of pyridine rings is 1. The van der Waals surface area contributed by atoms with Crippen LogP contribution in [0, 0.1) is 13.8 Å². The van der Waals surface area contributed by atoms with E-state index in [1.807, 2.05) is 65.0 Å². The molecule has 0 saturated heterocycles. The van der Waals surface area contributed by atoms with Crippen molar-refractivity contribution >= 4 is 16.9 Å². The Labute approximate surface area is 201 Å². The van der Waals surface area contributed by atoms with Crippen molar-refractivity contribution in [1.82, 2.24) is 24.6 Å². The maximum absolute atomic E-state index is 12.8. The summed E-state index contributed by atoms with van der Waals surface area (Å²) in [6.07, 6.45) is 12.5. The Balaban J connectivity index is 1.36. The molecule has 1 N–H and O–H groups in total. The molecule has 1 aliphatic carbocycles. The van der Waals surface area contributed by atoms with Crippen molar-refractivity contribution in [3.05, 3.63) is 77.2 Å². The van der Waals surface area contributed by atoms with Crippen LogP contribution < -0.4 is 5.32 Å². The van der Waals surface area contributed by atoms with E-state index in [0.717, 1.165) is 41.0 Å². The van der Waals surface area contributed by atoms with Crippen molar-refractivity contribution in [2.75, 3.05) is 0 Å². The SMILES string of the molecule is Cc1cc(C)c2c(-n3cccc3)nn(Cc3ccc(C(=O)NC4CCCCCCC4)cc3)c2n1. The molecule has 6 nitrogen and oxygen atoms in total. The molecule has 0 radical (unpaired) electrons. The van der Waals surface area contributed by atoms with Gasteiger partial charge in [0.2, 0.25) is 0 Å². The normalized spacial score (nSPS) is 15.2. The first-order chi connectivity index (χ1) is 16.6. The second kappa shape index (κ2) is 9.84. The Kier molecular flexibility index (Phi) is 6.48. The number of amides is 1. The fourth-order valence-electron chi connectivity index (χ4n) is 5.06. The number of hydrogen-bond acceptors (Lipinski definition) is 3. The summed E-state index contributed by atoms with van der Waals surface area (Å²) < 4.78 is 4.00. The van der Waals surface area contributed by atoms with Crippen molar-refractivity contribution in [1.29, 1.82) is 0 Å². The number of fused-ring (bicyclic) bond motifs is 1. The zero-order chi connectivity index (χ0) is 23.5. The Bertz CT molecular complexity index is 1260. The maximum atomic E-state index is 12.8. The molecule has 34 heavy (non-hydrogen) atoms. The lowest BCUT2D eigenvalue weighted by molar-refractivity contribution is 0.0930. The molecule has 0 aliphatic heterocycles. The van der Waals surface area contributed by atoms with Crippen LogP contribution in [-0.2, 0) is 6.54 Å². The molecule has 1 saturated carbocycles. The molecule has 0 unspecified atom stereocenters. The second-order valence-electron chi connectivity index (χ2n) is 9.56. The van der Waals surface area contributed by atoms with Crippen LogP contribution in [0.4, 0.5) is 0 Å². The fraction of sp³-hybridized carbons (Fsp3) is 0.393. The van der Waals surface area contributed by atoms with Gasteiger partial charge >= 0.3 is 0 Å². The van der Waals surface area contributed by atoms with E-state index >= 15 is 0 Å². The highest BCUT2D eigenvalue weighted by Gasteiger charge is 2.18. The standard InChI is InChI=1S/C28H33N5O/c1-20-18-21(2)29-26-25(20)27(32-16-8-9-17-32)31-33(26)19-22-12-14-23(15-13-22)28(34)30-24-10-6-4-3-5-7-11-24/h8-9,12-18,24H,3-7,10-11,19H2,1-2H3,(H,30,34). The summed E-state index contributed by atoms with van der Waals surface area (Å²) >= 11 is 0. The highest BCUT2D eigenvalue weighted by molar-refractivity contribution is 5.94. The molecule has 6 heteroatoms. The number of nitrogens with one attached hydrogen (secondary N) is 1. The van der Waals surface area contributed by atoms with Gasteiger partial charge in [-0.3, -0.25) is 4.79 Å². The molecule has 1 fully saturated rings. The third-order valence-corrected chi connectivity index (χ3v) is 6.85. The van der Waals surface area contributed by atoms with Crippen LogP contribution in [0.1, 0.15) is 72.1 Å². The topological polar surface area (TPSA) is 64.7 Å². The van der Waals surface area contributed by atoms with E-state index in [1.54, 1.807) is 0 Å². The summed E-state index contributed by atoms with van der Waals surface area (Å²) in [7, 11) is 0. The minimum atomic E-state index is 0.0319. The zero-order valence-electron chi connectivity index (χ0n) is 20.1. The predicted molar refractivity (Wildman–Crippen MR) is 135 cm³/mol. The molecule has 3 heterocycles. The average Bonchev–Trinajstić information content (AvgIpc) is 3.45. The average molecular weight is 456 g/mol. The number of rotatable bonds is 5. The highest BCUT2D eigenvalue weighted by Crippen LogP contribution is 2.26. The van der Waals surface area contributed by atoms with Gasteiger partial charge in [-0.15, -0.1) is 0 Å². The lowest BCUT2D eigenvalue weighted by Gasteiger charge is -2.21. The number of hydrogen-bond donors (Lipinski definition) is 1. The van der Waals surface area contributed by atoms with Gasteiger partial charge in [-0.1, -0.05) is 44.2 Å². The van der Waals surface area contributed by atoms with E-state index in [4.69, 9.17) is 10.1 Å². The van der Waals surface area contributed by atoms with Crippen LogP contribution in [0.25, 0.3) is 16.9 Å². The number of aromatic nitrogens is 4. The molecule has 1 aliphatic rings. The highest BCUT2D eigenvalue weighted by atomic mass is 16.1. The van der Waals surface area contributed by atoms with Crippen molar-refractivity contribution in [2.24, 2.45) is 0 Å². The van der Waals surface area contributed by atoms with Gasteiger partial charge in [0.25, 0.3) is 5.91 Å². The van der Waals surface area contributed by atoms with Gasteiger partial charge in [-0.05, 0) is 68.1 Å². The van der Waals surface area contributed by atoms with E-state index in [0.29, 0.717) is 18.2 Å². The van der Waals surface area contributed by atoms with Crippen LogP contribution in [0.5, 0.6) is 0 Å². The lowest BCUT2D eigenvalue weighted by atomic mass is 9.96. The Morgan fingerprint density at radius 1 is 1.00 bits per heavy atom. The van der Waals surface area contributed by atoms with Gasteiger partial charge < -0.3 is 9.88 Å². The first-order valence-electron chi connectivity index (χ1n) is 12.5. The van der Waals surface area contributed by atoms with Gasteiger partial charge in [-0.2, -0.15) is 5.10 Å². The van der Waals surface area contributed by atoms with Crippen LogP contribution in [0.15, 0.2) is 54.9 Å². The van der Waals surface area contributed by atoms with E-state index in [2.05, 4.69) is 18.3 Å². The Morgan fingerprint density at radius 2 is 1.68 bits per heavy atom. The minimum Gasteiger partial charge on any atom is -0.349 e. The fourth-order valence-corrected chi connectivity index (χ4v) is 5.06. The summed E-state index contributed by atoms with van der Waals surface area (Å²) in [6, 6.07) is 14.3. The molecule has 5 rings (SSSR count). The molecule has 0 atom stereocenters. The van der Waals surface area contributed by atoms with Gasteiger partial charge in [0.15, 0.2) is 11.5 Å². The second-order valence-corrected chi connectivity index (χ2v) is 9.56. The molecule has 176 valence electrons. The summed E-state index contributed by atoms with van der Waals surface area (Å²) in [6.45, 7) is 4.72. The molecular weight excluding hydrogens is 422 g/mol. The molecule has 1 aromatic carbocycles. The molecule has 3 aromatic heterocycles. The van der Waals surface area contributed by atoms with Crippen molar-refractivity contribution < 1.29 is 4.79 Å². The molecule has 0 spiro atoms. The van der Waals surface area contributed by atoms with Crippen LogP contribution in [-0.4, -0.2) is 31.3 Å². The summed E-state index contributed by atoms with van der Waals surface area (Å²) in [5.74, 6) is 0.921. The monoisotopic (exact) mass is 455 g/mol. The smallest absolute Gasteiger partial charge is 0.251 e. The number of carbonyl (C=O) groups is 1. The predicted octanol–water partition coefficient (Wildman–Crippen LogP) is 5.73. The van der Waals surface area contributed by atoms with E-state index < -0.39 is 0 Å². The van der Waals surface area contributed by atoms with Crippen molar-refractivity contribution in [3.63, 3.8) is 0 Å².